The van der Waals surface area contributed by atoms with Crippen LogP contribution in [-0.4, -0.2) is 78.8 Å². The van der Waals surface area contributed by atoms with Crippen LogP contribution in [0.25, 0.3) is 11.0 Å². The van der Waals surface area contributed by atoms with E-state index in [-0.39, 0.29) is 5.69 Å². The van der Waals surface area contributed by atoms with Crippen LogP contribution in [0.15, 0.2) is 12.4 Å². The monoisotopic (exact) mass is 336 g/mol. The van der Waals surface area contributed by atoms with Crippen molar-refractivity contribution in [2.24, 2.45) is 0 Å². The Bertz CT molecular complexity index is 678. The molecule has 1 fully saturated rings. The summed E-state index contributed by atoms with van der Waals surface area (Å²) in [6.45, 7) is 4.41. The Kier molecular flexibility index (Phi) is 5.57. The van der Waals surface area contributed by atoms with Gasteiger partial charge >= 0.3 is 5.97 Å². The SMILES string of the molecule is O=C(O)c1cc2c(N3CCOCCOCCOCC3)ncnc2[nH]1. The van der Waals surface area contributed by atoms with Gasteiger partial charge < -0.3 is 29.2 Å². The molecule has 0 unspecified atom stereocenters. The van der Waals surface area contributed by atoms with Crippen molar-refractivity contribution in [3.05, 3.63) is 18.1 Å². The summed E-state index contributed by atoms with van der Waals surface area (Å²) < 4.78 is 16.5. The molecule has 0 atom stereocenters. The number of anilines is 1. The van der Waals surface area contributed by atoms with Crippen LogP contribution in [0.3, 0.4) is 0 Å². The van der Waals surface area contributed by atoms with Gasteiger partial charge in [0, 0.05) is 13.1 Å². The average molecular weight is 336 g/mol. The van der Waals surface area contributed by atoms with Gasteiger partial charge in [-0.25, -0.2) is 14.8 Å². The third kappa shape index (κ3) is 3.99. The third-order valence-corrected chi connectivity index (χ3v) is 3.69. The second-order valence-electron chi connectivity index (χ2n) is 5.27. The van der Waals surface area contributed by atoms with Gasteiger partial charge in [-0.05, 0) is 6.07 Å². The molecular weight excluding hydrogens is 316 g/mol. The van der Waals surface area contributed by atoms with Gasteiger partial charge in [0.25, 0.3) is 0 Å². The van der Waals surface area contributed by atoms with Gasteiger partial charge in [-0.3, -0.25) is 0 Å². The van der Waals surface area contributed by atoms with E-state index in [0.717, 1.165) is 0 Å². The standard InChI is InChI=1S/C15H20N4O5/c20-15(21)12-9-11-13(18-12)16-10-17-14(11)19-1-3-22-5-7-24-8-6-23-4-2-19/h9-10H,1-8H2,(H,20,21)(H,16,17,18). The highest BCUT2D eigenvalue weighted by atomic mass is 16.5. The van der Waals surface area contributed by atoms with Crippen molar-refractivity contribution >= 4 is 22.8 Å². The Hall–Kier alpha value is -2.23. The topological polar surface area (TPSA) is 110 Å². The van der Waals surface area contributed by atoms with Crippen LogP contribution in [0, 0.1) is 0 Å². The average Bonchev–Trinajstić information content (AvgIpc) is 3.00. The highest BCUT2D eigenvalue weighted by Crippen LogP contribution is 2.23. The molecule has 1 aliphatic heterocycles. The van der Waals surface area contributed by atoms with Crippen LogP contribution in [0.5, 0.6) is 0 Å². The lowest BCUT2D eigenvalue weighted by molar-refractivity contribution is 0.0126. The number of aromatic nitrogens is 3. The van der Waals surface area contributed by atoms with E-state index in [1.165, 1.54) is 6.33 Å². The van der Waals surface area contributed by atoms with Crippen LogP contribution in [0.1, 0.15) is 10.5 Å². The lowest BCUT2D eigenvalue weighted by Crippen LogP contribution is -2.33. The molecule has 0 amide bonds. The molecule has 2 aromatic heterocycles. The van der Waals surface area contributed by atoms with Gasteiger partial charge in [-0.1, -0.05) is 0 Å². The van der Waals surface area contributed by atoms with Crippen LogP contribution in [-0.2, 0) is 14.2 Å². The Morgan fingerprint density at radius 1 is 1.04 bits per heavy atom. The van der Waals surface area contributed by atoms with Gasteiger partial charge in [0.15, 0.2) is 0 Å². The minimum absolute atomic E-state index is 0.0887. The Morgan fingerprint density at radius 3 is 2.29 bits per heavy atom. The smallest absolute Gasteiger partial charge is 0.352 e. The van der Waals surface area contributed by atoms with Crippen molar-refractivity contribution in [2.75, 3.05) is 57.6 Å². The maximum atomic E-state index is 11.2. The first-order valence-electron chi connectivity index (χ1n) is 7.81. The molecule has 130 valence electrons. The number of carboxylic acid groups (broad SMARTS) is 1. The minimum atomic E-state index is -1.03. The number of nitrogens with zero attached hydrogens (tertiary/aromatic N) is 3. The number of nitrogens with one attached hydrogen (secondary N) is 1. The second kappa shape index (κ2) is 8.04. The first-order valence-corrected chi connectivity index (χ1v) is 7.81. The predicted octanol–water partition coefficient (Wildman–Crippen LogP) is 0.526. The van der Waals surface area contributed by atoms with E-state index < -0.39 is 5.97 Å². The second-order valence-corrected chi connectivity index (χ2v) is 5.27. The summed E-state index contributed by atoms with van der Waals surface area (Å²) >= 11 is 0. The zero-order valence-electron chi connectivity index (χ0n) is 13.2. The summed E-state index contributed by atoms with van der Waals surface area (Å²) in [6, 6.07) is 1.55. The predicted molar refractivity (Wildman–Crippen MR) is 85.5 cm³/mol. The summed E-state index contributed by atoms with van der Waals surface area (Å²) in [4.78, 5) is 24.4. The maximum absolute atomic E-state index is 11.2. The zero-order chi connectivity index (χ0) is 16.8. The molecule has 0 saturated carbocycles. The van der Waals surface area contributed by atoms with Crippen molar-refractivity contribution < 1.29 is 24.1 Å². The minimum Gasteiger partial charge on any atom is -0.477 e. The van der Waals surface area contributed by atoms with Crippen LogP contribution < -0.4 is 4.90 Å². The molecule has 9 nitrogen and oxygen atoms in total. The van der Waals surface area contributed by atoms with Crippen molar-refractivity contribution in [1.29, 1.82) is 0 Å². The van der Waals surface area contributed by atoms with E-state index >= 15 is 0 Å². The number of aromatic carboxylic acids is 1. The molecule has 0 aromatic carbocycles. The number of H-pyrrole nitrogens is 1. The van der Waals surface area contributed by atoms with E-state index in [1.807, 2.05) is 4.90 Å². The fourth-order valence-electron chi connectivity index (χ4n) is 2.51. The quantitative estimate of drug-likeness (QED) is 0.817. The molecule has 0 bridgehead atoms. The van der Waals surface area contributed by atoms with Crippen LogP contribution in [0.2, 0.25) is 0 Å². The van der Waals surface area contributed by atoms with Crippen molar-refractivity contribution in [1.82, 2.24) is 15.0 Å². The van der Waals surface area contributed by atoms with E-state index in [1.54, 1.807) is 6.07 Å². The molecule has 24 heavy (non-hydrogen) atoms. The van der Waals surface area contributed by atoms with E-state index in [0.29, 0.717) is 69.6 Å². The van der Waals surface area contributed by atoms with E-state index in [2.05, 4.69) is 15.0 Å². The number of aromatic amines is 1. The van der Waals surface area contributed by atoms with E-state index in [9.17, 15) is 4.79 Å². The van der Waals surface area contributed by atoms with Crippen molar-refractivity contribution in [2.45, 2.75) is 0 Å². The fraction of sp³-hybridized carbons (Fsp3) is 0.533. The number of hydrogen-bond donors (Lipinski definition) is 2. The number of rotatable bonds is 2. The largest absolute Gasteiger partial charge is 0.477 e. The highest BCUT2D eigenvalue weighted by molar-refractivity contribution is 5.96. The molecule has 1 aliphatic rings. The number of hydrogen-bond acceptors (Lipinski definition) is 7. The molecule has 0 aliphatic carbocycles. The van der Waals surface area contributed by atoms with Gasteiger partial charge in [0.2, 0.25) is 0 Å². The Balaban J connectivity index is 1.83. The Morgan fingerprint density at radius 2 is 1.67 bits per heavy atom. The lowest BCUT2D eigenvalue weighted by Gasteiger charge is -2.24. The van der Waals surface area contributed by atoms with Crippen molar-refractivity contribution in [3.8, 4) is 0 Å². The molecule has 2 aromatic rings. The van der Waals surface area contributed by atoms with Gasteiger partial charge in [-0.15, -0.1) is 0 Å². The fourth-order valence-corrected chi connectivity index (χ4v) is 2.51. The third-order valence-electron chi connectivity index (χ3n) is 3.69. The molecule has 9 heteroatoms. The molecule has 2 N–H and O–H groups in total. The first-order chi connectivity index (χ1) is 11.8. The number of carbonyl (C=O) groups is 1. The normalized spacial score (nSPS) is 18.1. The number of carboxylic acids is 1. The first kappa shape index (κ1) is 16.6. The zero-order valence-corrected chi connectivity index (χ0v) is 13.2. The van der Waals surface area contributed by atoms with E-state index in [4.69, 9.17) is 19.3 Å². The van der Waals surface area contributed by atoms with Crippen LogP contribution >= 0.6 is 0 Å². The summed E-state index contributed by atoms with van der Waals surface area (Å²) in [5.41, 5.74) is 0.588. The molecule has 3 rings (SSSR count). The molecule has 0 radical (unpaired) electrons. The number of ether oxygens (including phenoxy) is 3. The molecule has 3 heterocycles. The van der Waals surface area contributed by atoms with Gasteiger partial charge in [0.1, 0.15) is 23.5 Å². The summed E-state index contributed by atoms with van der Waals surface area (Å²) in [7, 11) is 0. The Labute approximate surface area is 138 Å². The lowest BCUT2D eigenvalue weighted by atomic mass is 10.3. The van der Waals surface area contributed by atoms with Gasteiger partial charge in [0.05, 0.1) is 45.0 Å². The van der Waals surface area contributed by atoms with Gasteiger partial charge in [-0.2, -0.15) is 0 Å². The molecular formula is C15H20N4O5. The van der Waals surface area contributed by atoms with Crippen LogP contribution in [0.4, 0.5) is 5.82 Å². The molecule has 1 saturated heterocycles. The molecule has 0 spiro atoms. The van der Waals surface area contributed by atoms with Crippen molar-refractivity contribution in [3.63, 3.8) is 0 Å². The summed E-state index contributed by atoms with van der Waals surface area (Å²) in [5, 5.41) is 9.82. The number of fused-ring (bicyclic) bond motifs is 1. The summed E-state index contributed by atoms with van der Waals surface area (Å²) in [6.07, 6.45) is 1.42. The summed E-state index contributed by atoms with van der Waals surface area (Å²) in [5.74, 6) is -0.358. The highest BCUT2D eigenvalue weighted by Gasteiger charge is 2.17. The maximum Gasteiger partial charge on any atom is 0.352 e.